The molecule has 2 atom stereocenters. The van der Waals surface area contributed by atoms with E-state index in [0.29, 0.717) is 5.25 Å². The third-order valence-electron chi connectivity index (χ3n) is 4.26. The van der Waals surface area contributed by atoms with Gasteiger partial charge < -0.3 is 5.32 Å². The predicted octanol–water partition coefficient (Wildman–Crippen LogP) is 3.65. The molecular formula is C17H27NOS. The number of rotatable bonds is 6. The first-order valence-electron chi connectivity index (χ1n) is 7.79. The Bertz CT molecular complexity index is 466. The first-order chi connectivity index (χ1) is 9.61. The van der Waals surface area contributed by atoms with E-state index in [9.17, 15) is 4.21 Å². The number of nitrogens with one attached hydrogen (secondary N) is 1. The van der Waals surface area contributed by atoms with E-state index in [-0.39, 0.29) is 6.04 Å². The first kappa shape index (κ1) is 15.7. The van der Waals surface area contributed by atoms with E-state index in [0.717, 1.165) is 25.1 Å². The van der Waals surface area contributed by atoms with Gasteiger partial charge in [-0.3, -0.25) is 4.21 Å². The summed E-state index contributed by atoms with van der Waals surface area (Å²) in [5.41, 5.74) is 3.90. The summed E-state index contributed by atoms with van der Waals surface area (Å²) in [6.07, 6.45) is 4.81. The minimum Gasteiger partial charge on any atom is -0.309 e. The van der Waals surface area contributed by atoms with Crippen molar-refractivity contribution in [1.29, 1.82) is 0 Å². The third kappa shape index (κ3) is 3.92. The Labute approximate surface area is 125 Å². The topological polar surface area (TPSA) is 29.1 Å². The minimum absolute atomic E-state index is 0.224. The lowest BCUT2D eigenvalue weighted by atomic mass is 10.0. The molecule has 0 aromatic heterocycles. The maximum atomic E-state index is 12.6. The SMILES string of the molecule is CCNC(CS(=O)C1CCCC1)c1ccc(C)cc1C. The zero-order valence-corrected chi connectivity index (χ0v) is 13.8. The van der Waals surface area contributed by atoms with Crippen molar-refractivity contribution in [1.82, 2.24) is 5.32 Å². The van der Waals surface area contributed by atoms with Crippen LogP contribution in [-0.2, 0) is 10.8 Å². The second kappa shape index (κ2) is 7.37. The van der Waals surface area contributed by atoms with Crippen molar-refractivity contribution in [2.24, 2.45) is 0 Å². The van der Waals surface area contributed by atoms with Gasteiger partial charge in [0.15, 0.2) is 0 Å². The summed E-state index contributed by atoms with van der Waals surface area (Å²) in [6.45, 7) is 7.32. The Hall–Kier alpha value is -0.670. The molecule has 0 radical (unpaired) electrons. The van der Waals surface area contributed by atoms with Crippen LogP contribution in [0.25, 0.3) is 0 Å². The molecule has 0 bridgehead atoms. The highest BCUT2D eigenvalue weighted by atomic mass is 32.2. The lowest BCUT2D eigenvalue weighted by Crippen LogP contribution is -2.29. The van der Waals surface area contributed by atoms with Gasteiger partial charge in [0, 0.05) is 27.8 Å². The van der Waals surface area contributed by atoms with Gasteiger partial charge in [-0.15, -0.1) is 0 Å². The van der Waals surface area contributed by atoms with Crippen molar-refractivity contribution >= 4 is 10.8 Å². The number of aryl methyl sites for hydroxylation is 2. The molecular weight excluding hydrogens is 266 g/mol. The normalized spacial score (nSPS) is 19.1. The van der Waals surface area contributed by atoms with Gasteiger partial charge in [0.05, 0.1) is 0 Å². The Morgan fingerprint density at radius 1 is 1.30 bits per heavy atom. The molecule has 0 aliphatic heterocycles. The van der Waals surface area contributed by atoms with E-state index in [2.05, 4.69) is 44.3 Å². The van der Waals surface area contributed by atoms with E-state index in [4.69, 9.17) is 0 Å². The van der Waals surface area contributed by atoms with Crippen molar-refractivity contribution in [3.63, 3.8) is 0 Å². The van der Waals surface area contributed by atoms with Gasteiger partial charge in [-0.25, -0.2) is 0 Å². The van der Waals surface area contributed by atoms with E-state index in [1.807, 2.05) is 0 Å². The standard InChI is InChI=1S/C17H27NOS/c1-4-18-17(12-20(19)15-7-5-6-8-15)16-10-9-13(2)11-14(16)3/h9-11,15,17-18H,4-8,12H2,1-3H3. The lowest BCUT2D eigenvalue weighted by Gasteiger charge is -2.22. The lowest BCUT2D eigenvalue weighted by molar-refractivity contribution is 0.588. The molecule has 1 N–H and O–H groups in total. The van der Waals surface area contributed by atoms with Crippen molar-refractivity contribution < 1.29 is 4.21 Å². The van der Waals surface area contributed by atoms with Crippen LogP contribution in [0, 0.1) is 13.8 Å². The van der Waals surface area contributed by atoms with Crippen LogP contribution in [0.15, 0.2) is 18.2 Å². The fourth-order valence-electron chi connectivity index (χ4n) is 3.17. The quantitative estimate of drug-likeness (QED) is 0.867. The zero-order chi connectivity index (χ0) is 14.5. The van der Waals surface area contributed by atoms with E-state index < -0.39 is 10.8 Å². The highest BCUT2D eigenvalue weighted by molar-refractivity contribution is 7.85. The van der Waals surface area contributed by atoms with Crippen LogP contribution in [0.5, 0.6) is 0 Å². The number of hydrogen-bond acceptors (Lipinski definition) is 2. The zero-order valence-electron chi connectivity index (χ0n) is 12.9. The fraction of sp³-hybridized carbons (Fsp3) is 0.647. The van der Waals surface area contributed by atoms with Crippen molar-refractivity contribution in [3.05, 3.63) is 34.9 Å². The van der Waals surface area contributed by atoms with E-state index in [1.54, 1.807) is 0 Å². The van der Waals surface area contributed by atoms with Crippen LogP contribution in [0.2, 0.25) is 0 Å². The Morgan fingerprint density at radius 2 is 2.00 bits per heavy atom. The molecule has 1 aliphatic carbocycles. The summed E-state index contributed by atoms with van der Waals surface area (Å²) >= 11 is 0. The van der Waals surface area contributed by atoms with Crippen molar-refractivity contribution in [2.45, 2.75) is 57.7 Å². The molecule has 1 saturated carbocycles. The molecule has 112 valence electrons. The largest absolute Gasteiger partial charge is 0.309 e. The Balaban J connectivity index is 2.11. The second-order valence-corrected chi connectivity index (χ2v) is 7.69. The smallest absolute Gasteiger partial charge is 0.0439 e. The molecule has 2 nitrogen and oxygen atoms in total. The molecule has 2 unspecified atom stereocenters. The molecule has 0 heterocycles. The summed E-state index contributed by atoms with van der Waals surface area (Å²) in [6, 6.07) is 6.80. The molecule has 3 heteroatoms. The first-order valence-corrected chi connectivity index (χ1v) is 9.17. The second-order valence-electron chi connectivity index (χ2n) is 5.92. The molecule has 0 amide bonds. The molecule has 1 aromatic carbocycles. The average Bonchev–Trinajstić information content (AvgIpc) is 2.92. The third-order valence-corrected chi connectivity index (χ3v) is 6.13. The molecule has 1 aromatic rings. The van der Waals surface area contributed by atoms with E-state index >= 15 is 0 Å². The molecule has 0 saturated heterocycles. The Kier molecular flexibility index (Phi) is 5.79. The maximum absolute atomic E-state index is 12.6. The van der Waals surface area contributed by atoms with Crippen molar-refractivity contribution in [2.75, 3.05) is 12.3 Å². The van der Waals surface area contributed by atoms with Crippen LogP contribution in [0.3, 0.4) is 0 Å². The number of hydrogen-bond donors (Lipinski definition) is 1. The molecule has 1 fully saturated rings. The van der Waals surface area contributed by atoms with Gasteiger partial charge in [0.2, 0.25) is 0 Å². The monoisotopic (exact) mass is 293 g/mol. The van der Waals surface area contributed by atoms with Gasteiger partial charge in [0.1, 0.15) is 0 Å². The van der Waals surface area contributed by atoms with Crippen LogP contribution in [0.4, 0.5) is 0 Å². The fourth-order valence-corrected chi connectivity index (χ4v) is 4.93. The highest BCUT2D eigenvalue weighted by Crippen LogP contribution is 2.26. The summed E-state index contributed by atoms with van der Waals surface area (Å²) < 4.78 is 12.6. The molecule has 20 heavy (non-hydrogen) atoms. The summed E-state index contributed by atoms with van der Waals surface area (Å²) in [5.74, 6) is 0.752. The molecule has 1 aliphatic rings. The van der Waals surface area contributed by atoms with Gasteiger partial charge in [-0.05, 0) is 44.4 Å². The van der Waals surface area contributed by atoms with Gasteiger partial charge in [0.25, 0.3) is 0 Å². The van der Waals surface area contributed by atoms with Gasteiger partial charge >= 0.3 is 0 Å². The maximum Gasteiger partial charge on any atom is 0.0439 e. The highest BCUT2D eigenvalue weighted by Gasteiger charge is 2.24. The average molecular weight is 293 g/mol. The van der Waals surface area contributed by atoms with Gasteiger partial charge in [-0.1, -0.05) is 43.5 Å². The van der Waals surface area contributed by atoms with Crippen LogP contribution in [0.1, 0.15) is 55.3 Å². The summed E-state index contributed by atoms with van der Waals surface area (Å²) in [7, 11) is -0.704. The van der Waals surface area contributed by atoms with Crippen LogP contribution in [-0.4, -0.2) is 21.8 Å². The van der Waals surface area contributed by atoms with Crippen LogP contribution >= 0.6 is 0 Å². The molecule has 0 spiro atoms. The minimum atomic E-state index is -0.704. The Morgan fingerprint density at radius 3 is 2.60 bits per heavy atom. The van der Waals surface area contributed by atoms with Crippen molar-refractivity contribution in [3.8, 4) is 0 Å². The number of benzene rings is 1. The van der Waals surface area contributed by atoms with Crippen LogP contribution < -0.4 is 5.32 Å². The summed E-state index contributed by atoms with van der Waals surface area (Å²) in [4.78, 5) is 0. The molecule has 2 rings (SSSR count). The van der Waals surface area contributed by atoms with E-state index in [1.165, 1.54) is 29.5 Å². The van der Waals surface area contributed by atoms with Gasteiger partial charge in [-0.2, -0.15) is 0 Å². The predicted molar refractivity (Wildman–Crippen MR) is 87.6 cm³/mol. The summed E-state index contributed by atoms with van der Waals surface area (Å²) in [5, 5.41) is 3.95.